The molecule has 12 heteroatoms. The summed E-state index contributed by atoms with van der Waals surface area (Å²) in [7, 11) is -4.18. The highest BCUT2D eigenvalue weighted by atomic mass is 32.2. The largest absolute Gasteiger partial charge is 0.352 e. The number of rotatable bonds is 9. The Bertz CT molecular complexity index is 1600. The van der Waals surface area contributed by atoms with Gasteiger partial charge in [-0.15, -0.1) is 11.3 Å². The predicted molar refractivity (Wildman–Crippen MR) is 139 cm³/mol. The molecule has 0 spiro atoms. The molecule has 5 rings (SSSR count). The van der Waals surface area contributed by atoms with Gasteiger partial charge in [0.1, 0.15) is 10.8 Å². The number of thiazole rings is 1. The molecule has 2 aromatic heterocycles. The Balaban J connectivity index is 1.46. The minimum absolute atomic E-state index is 0.0385. The van der Waals surface area contributed by atoms with Crippen LogP contribution in [0.4, 0.5) is 8.78 Å². The number of nitrogens with zero attached hydrogens (tertiary/aromatic N) is 2. The first kappa shape index (κ1) is 25.9. The van der Waals surface area contributed by atoms with E-state index in [1.165, 1.54) is 24.4 Å². The van der Waals surface area contributed by atoms with Gasteiger partial charge >= 0.3 is 0 Å². The number of benzene rings is 2. The van der Waals surface area contributed by atoms with Crippen molar-refractivity contribution in [2.45, 2.75) is 29.9 Å². The van der Waals surface area contributed by atoms with Crippen LogP contribution in [0.25, 0.3) is 21.3 Å². The molecular formula is C26H22F2N4O4S2. The zero-order valence-electron chi connectivity index (χ0n) is 19.9. The van der Waals surface area contributed by atoms with E-state index in [0.29, 0.717) is 26.9 Å². The lowest BCUT2D eigenvalue weighted by molar-refractivity contribution is -0.126. The summed E-state index contributed by atoms with van der Waals surface area (Å²) < 4.78 is 54.3. The zero-order chi connectivity index (χ0) is 26.9. The highest BCUT2D eigenvalue weighted by Gasteiger charge is 2.37. The summed E-state index contributed by atoms with van der Waals surface area (Å²) in [6.45, 7) is -0.371. The van der Waals surface area contributed by atoms with E-state index in [4.69, 9.17) is 0 Å². The minimum Gasteiger partial charge on any atom is -0.352 e. The molecule has 8 nitrogen and oxygen atoms in total. The summed E-state index contributed by atoms with van der Waals surface area (Å²) in [4.78, 5) is 33.5. The standard InChI is InChI=1S/C26H22F2N4O4S2/c27-18-5-1-15(2-6-18)14-38(35,36)24(25(34)30-13-23(33)31-19-7-8-19)26-32-20-11-16(3-9-21(20)37-26)17-4-10-22(28)29-12-17/h1-6,9-12,19,24H,7-8,13-14H2,(H,30,34)(H,31,33). The van der Waals surface area contributed by atoms with Gasteiger partial charge in [0.25, 0.3) is 0 Å². The van der Waals surface area contributed by atoms with E-state index >= 15 is 0 Å². The summed E-state index contributed by atoms with van der Waals surface area (Å²) in [5, 5.41) is 3.53. The average Bonchev–Trinajstić information content (AvgIpc) is 3.60. The first-order chi connectivity index (χ1) is 18.2. The second kappa shape index (κ2) is 10.5. The Labute approximate surface area is 221 Å². The van der Waals surface area contributed by atoms with Crippen LogP contribution >= 0.6 is 11.3 Å². The van der Waals surface area contributed by atoms with Crippen LogP contribution in [0.2, 0.25) is 0 Å². The average molecular weight is 557 g/mol. The number of fused-ring (bicyclic) bond motifs is 1. The van der Waals surface area contributed by atoms with Crippen molar-refractivity contribution in [2.24, 2.45) is 0 Å². The van der Waals surface area contributed by atoms with Crippen LogP contribution in [-0.4, -0.2) is 42.8 Å². The van der Waals surface area contributed by atoms with Crippen LogP contribution in [0.1, 0.15) is 28.7 Å². The molecule has 0 bridgehead atoms. The number of hydrogen-bond donors (Lipinski definition) is 2. The lowest BCUT2D eigenvalue weighted by Gasteiger charge is -2.16. The zero-order valence-corrected chi connectivity index (χ0v) is 21.5. The van der Waals surface area contributed by atoms with Gasteiger partial charge in [0.05, 0.1) is 22.5 Å². The maximum Gasteiger partial charge on any atom is 0.245 e. The molecule has 2 N–H and O–H groups in total. The van der Waals surface area contributed by atoms with Crippen molar-refractivity contribution in [1.82, 2.24) is 20.6 Å². The molecule has 1 saturated carbocycles. The fourth-order valence-electron chi connectivity index (χ4n) is 3.88. The topological polar surface area (TPSA) is 118 Å². The summed E-state index contributed by atoms with van der Waals surface area (Å²) in [5.41, 5.74) is 2.09. The number of halogens is 2. The molecule has 0 aliphatic heterocycles. The lowest BCUT2D eigenvalue weighted by Crippen LogP contribution is -2.41. The van der Waals surface area contributed by atoms with E-state index in [1.807, 2.05) is 0 Å². The number of amides is 2. The van der Waals surface area contributed by atoms with Gasteiger partial charge in [0.15, 0.2) is 15.1 Å². The molecule has 1 aliphatic rings. The van der Waals surface area contributed by atoms with E-state index in [-0.39, 0.29) is 17.6 Å². The van der Waals surface area contributed by atoms with Crippen LogP contribution in [0.5, 0.6) is 0 Å². The molecule has 196 valence electrons. The van der Waals surface area contributed by atoms with Gasteiger partial charge in [-0.05, 0) is 60.4 Å². The van der Waals surface area contributed by atoms with E-state index < -0.39 is 44.4 Å². The first-order valence-electron chi connectivity index (χ1n) is 11.7. The summed E-state index contributed by atoms with van der Waals surface area (Å²) >= 11 is 1.05. The summed E-state index contributed by atoms with van der Waals surface area (Å²) in [5.74, 6) is -2.93. The number of nitrogens with one attached hydrogen (secondary N) is 2. The number of carbonyl (C=O) groups is 2. The van der Waals surface area contributed by atoms with Gasteiger partial charge in [-0.1, -0.05) is 18.2 Å². The van der Waals surface area contributed by atoms with Crippen LogP contribution in [0.3, 0.4) is 0 Å². The molecule has 4 aromatic rings. The SMILES string of the molecule is O=C(CNC(=O)C(c1nc2cc(-c3ccc(F)nc3)ccc2s1)S(=O)(=O)Cc1ccc(F)cc1)NC1CC1. The Morgan fingerprint density at radius 2 is 1.76 bits per heavy atom. The van der Waals surface area contributed by atoms with Crippen LogP contribution in [-0.2, 0) is 25.2 Å². The second-order valence-electron chi connectivity index (χ2n) is 8.98. The molecule has 1 atom stereocenters. The van der Waals surface area contributed by atoms with Crippen molar-refractivity contribution in [3.63, 3.8) is 0 Å². The summed E-state index contributed by atoms with van der Waals surface area (Å²) in [6, 6.07) is 13.1. The third kappa shape index (κ3) is 6.03. The molecule has 1 aliphatic carbocycles. The Morgan fingerprint density at radius 1 is 1.03 bits per heavy atom. The number of sulfone groups is 1. The van der Waals surface area contributed by atoms with Gasteiger partial charge < -0.3 is 10.6 Å². The van der Waals surface area contributed by atoms with Crippen molar-refractivity contribution in [3.8, 4) is 11.1 Å². The van der Waals surface area contributed by atoms with Crippen LogP contribution < -0.4 is 10.6 Å². The molecule has 38 heavy (non-hydrogen) atoms. The first-order valence-corrected chi connectivity index (χ1v) is 14.3. The van der Waals surface area contributed by atoms with Gasteiger partial charge in [-0.3, -0.25) is 9.59 Å². The fourth-order valence-corrected chi connectivity index (χ4v) is 6.98. The van der Waals surface area contributed by atoms with E-state index in [9.17, 15) is 26.8 Å². The molecule has 0 radical (unpaired) electrons. The monoisotopic (exact) mass is 556 g/mol. The molecule has 0 saturated heterocycles. The molecule has 2 heterocycles. The highest BCUT2D eigenvalue weighted by molar-refractivity contribution is 7.91. The maximum absolute atomic E-state index is 13.5. The second-order valence-corrected chi connectivity index (χ2v) is 12.1. The van der Waals surface area contributed by atoms with Crippen molar-refractivity contribution in [2.75, 3.05) is 6.54 Å². The van der Waals surface area contributed by atoms with Crippen molar-refractivity contribution in [3.05, 3.63) is 83.1 Å². The van der Waals surface area contributed by atoms with Crippen molar-refractivity contribution >= 4 is 43.2 Å². The number of hydrogen-bond acceptors (Lipinski definition) is 7. The Hall–Kier alpha value is -3.77. The molecule has 1 fully saturated rings. The third-order valence-corrected chi connectivity index (χ3v) is 9.07. The third-order valence-electron chi connectivity index (χ3n) is 5.93. The molecular weight excluding hydrogens is 534 g/mol. The van der Waals surface area contributed by atoms with Crippen LogP contribution in [0.15, 0.2) is 60.8 Å². The molecule has 2 amide bonds. The van der Waals surface area contributed by atoms with Gasteiger partial charge in [-0.25, -0.2) is 22.8 Å². The number of pyridine rings is 1. The fraction of sp³-hybridized carbons (Fsp3) is 0.231. The van der Waals surface area contributed by atoms with E-state index in [0.717, 1.165) is 36.3 Å². The van der Waals surface area contributed by atoms with Gasteiger partial charge in [-0.2, -0.15) is 4.39 Å². The van der Waals surface area contributed by atoms with Gasteiger partial charge in [0.2, 0.25) is 17.8 Å². The van der Waals surface area contributed by atoms with E-state index in [1.54, 1.807) is 24.3 Å². The smallest absolute Gasteiger partial charge is 0.245 e. The normalized spacial score (nSPS) is 14.3. The lowest BCUT2D eigenvalue weighted by atomic mass is 10.1. The molecule has 1 unspecified atom stereocenters. The maximum atomic E-state index is 13.5. The number of carbonyl (C=O) groups excluding carboxylic acids is 2. The summed E-state index contributed by atoms with van der Waals surface area (Å²) in [6.07, 6.45) is 3.12. The minimum atomic E-state index is -4.18. The highest BCUT2D eigenvalue weighted by Crippen LogP contribution is 2.34. The van der Waals surface area contributed by atoms with Crippen molar-refractivity contribution < 1.29 is 26.8 Å². The quantitative estimate of drug-likeness (QED) is 0.304. The van der Waals surface area contributed by atoms with Crippen molar-refractivity contribution in [1.29, 1.82) is 0 Å². The van der Waals surface area contributed by atoms with Gasteiger partial charge in [0, 0.05) is 17.8 Å². The number of aromatic nitrogens is 2. The van der Waals surface area contributed by atoms with Crippen LogP contribution in [0, 0.1) is 11.8 Å². The predicted octanol–water partition coefficient (Wildman–Crippen LogP) is 3.69. The molecule has 2 aromatic carbocycles. The Kier molecular flexibility index (Phi) is 7.17. The van der Waals surface area contributed by atoms with E-state index in [2.05, 4.69) is 20.6 Å². The Morgan fingerprint density at radius 3 is 2.45 bits per heavy atom.